The Balaban J connectivity index is 2.50. The summed E-state index contributed by atoms with van der Waals surface area (Å²) in [5, 5.41) is 11.3. The number of nitro benzene ring substituents is 1. The van der Waals surface area contributed by atoms with Crippen LogP contribution in [0.4, 0.5) is 18.9 Å². The van der Waals surface area contributed by atoms with Crippen LogP contribution in [0.2, 0.25) is 0 Å². The number of nitrogens with zero attached hydrogens (tertiary/aromatic N) is 2. The SMILES string of the molecule is CCCCOC(=O)C(C=NCc1ccccc1)C(=O)c1c(F)c(C)c(F)c(F)c1[N+](=O)[O-]. The van der Waals surface area contributed by atoms with Crippen LogP contribution in [-0.4, -0.2) is 29.5 Å². The van der Waals surface area contributed by atoms with Crippen LogP contribution in [0.25, 0.3) is 0 Å². The Bertz CT molecular complexity index is 1040. The van der Waals surface area contributed by atoms with E-state index in [1.807, 2.05) is 6.92 Å². The molecule has 0 spiro atoms. The molecule has 0 aliphatic rings. The number of aliphatic imine (C=N–C) groups is 1. The second-order valence-electron chi connectivity index (χ2n) is 6.89. The number of hydrogen-bond donors (Lipinski definition) is 0. The van der Waals surface area contributed by atoms with Crippen molar-refractivity contribution in [3.8, 4) is 0 Å². The van der Waals surface area contributed by atoms with E-state index in [0.29, 0.717) is 12.8 Å². The number of esters is 1. The van der Waals surface area contributed by atoms with Crippen LogP contribution < -0.4 is 0 Å². The second-order valence-corrected chi connectivity index (χ2v) is 6.89. The van der Waals surface area contributed by atoms with Crippen molar-refractivity contribution in [2.24, 2.45) is 10.9 Å². The molecule has 2 aromatic rings. The highest BCUT2D eigenvalue weighted by Gasteiger charge is 2.39. The maximum atomic E-state index is 14.7. The number of ether oxygens (including phenoxy) is 1. The number of unbranched alkanes of at least 4 members (excludes halogenated alkanes) is 1. The van der Waals surface area contributed by atoms with Crippen LogP contribution in [0.15, 0.2) is 35.3 Å². The zero-order valence-corrected chi connectivity index (χ0v) is 17.4. The molecule has 0 amide bonds. The molecule has 0 aliphatic carbocycles. The lowest BCUT2D eigenvalue weighted by molar-refractivity contribution is -0.388. The fourth-order valence-electron chi connectivity index (χ4n) is 2.81. The van der Waals surface area contributed by atoms with Crippen LogP contribution in [0.1, 0.15) is 41.3 Å². The number of carbonyl (C=O) groups is 2. The quantitative estimate of drug-likeness (QED) is 0.0761. The second kappa shape index (κ2) is 11.2. The Morgan fingerprint density at radius 1 is 1.16 bits per heavy atom. The zero-order chi connectivity index (χ0) is 23.8. The van der Waals surface area contributed by atoms with Gasteiger partial charge in [0.25, 0.3) is 0 Å². The summed E-state index contributed by atoms with van der Waals surface area (Å²) >= 11 is 0. The summed E-state index contributed by atoms with van der Waals surface area (Å²) in [5.74, 6) is -9.86. The molecule has 2 rings (SSSR count). The zero-order valence-electron chi connectivity index (χ0n) is 17.4. The van der Waals surface area contributed by atoms with E-state index in [-0.39, 0.29) is 13.2 Å². The molecule has 10 heteroatoms. The van der Waals surface area contributed by atoms with Crippen molar-refractivity contribution in [2.75, 3.05) is 6.61 Å². The Morgan fingerprint density at radius 3 is 2.41 bits per heavy atom. The van der Waals surface area contributed by atoms with Crippen LogP contribution in [-0.2, 0) is 16.1 Å². The summed E-state index contributed by atoms with van der Waals surface area (Å²) in [4.78, 5) is 39.4. The first-order valence-electron chi connectivity index (χ1n) is 9.76. The van der Waals surface area contributed by atoms with Gasteiger partial charge in [-0.15, -0.1) is 0 Å². The lowest BCUT2D eigenvalue weighted by atomic mass is 9.94. The van der Waals surface area contributed by atoms with E-state index in [4.69, 9.17) is 4.74 Å². The normalized spacial score (nSPS) is 12.0. The predicted octanol–water partition coefficient (Wildman–Crippen LogP) is 4.73. The molecule has 0 saturated carbocycles. The van der Waals surface area contributed by atoms with Gasteiger partial charge in [-0.2, -0.15) is 4.39 Å². The van der Waals surface area contributed by atoms with E-state index >= 15 is 0 Å². The molecular formula is C22H21F3N2O5. The molecule has 170 valence electrons. The van der Waals surface area contributed by atoms with E-state index in [1.165, 1.54) is 0 Å². The number of carbonyl (C=O) groups excluding carboxylic acids is 2. The molecule has 32 heavy (non-hydrogen) atoms. The Hall–Kier alpha value is -3.56. The van der Waals surface area contributed by atoms with E-state index < -0.39 is 56.9 Å². The first-order chi connectivity index (χ1) is 15.2. The topological polar surface area (TPSA) is 98.9 Å². The van der Waals surface area contributed by atoms with Gasteiger partial charge in [0.15, 0.2) is 17.5 Å². The third-order valence-electron chi connectivity index (χ3n) is 4.59. The maximum absolute atomic E-state index is 14.7. The summed E-state index contributed by atoms with van der Waals surface area (Å²) in [7, 11) is 0. The van der Waals surface area contributed by atoms with Crippen molar-refractivity contribution in [1.29, 1.82) is 0 Å². The van der Waals surface area contributed by atoms with Crippen molar-refractivity contribution < 1.29 is 32.4 Å². The summed E-state index contributed by atoms with van der Waals surface area (Å²) in [6.07, 6.45) is 2.03. The number of ketones is 1. The summed E-state index contributed by atoms with van der Waals surface area (Å²) in [6, 6.07) is 8.73. The fourth-order valence-corrected chi connectivity index (χ4v) is 2.81. The molecule has 0 aliphatic heterocycles. The van der Waals surface area contributed by atoms with Crippen LogP contribution >= 0.6 is 0 Å². The number of benzene rings is 2. The molecule has 0 N–H and O–H groups in total. The average molecular weight is 450 g/mol. The van der Waals surface area contributed by atoms with Crippen molar-refractivity contribution in [3.05, 3.63) is 74.6 Å². The number of halogens is 3. The van der Waals surface area contributed by atoms with Crippen LogP contribution in [0, 0.1) is 40.4 Å². The predicted molar refractivity (Wildman–Crippen MR) is 110 cm³/mol. The maximum Gasteiger partial charge on any atom is 0.322 e. The van der Waals surface area contributed by atoms with Gasteiger partial charge in [-0.1, -0.05) is 43.7 Å². The highest BCUT2D eigenvalue weighted by atomic mass is 19.2. The molecule has 7 nitrogen and oxygen atoms in total. The minimum atomic E-state index is -1.99. The van der Waals surface area contributed by atoms with Crippen molar-refractivity contribution in [2.45, 2.75) is 33.2 Å². The minimum Gasteiger partial charge on any atom is -0.465 e. The van der Waals surface area contributed by atoms with E-state index in [9.17, 15) is 32.9 Å². The Labute approximate surface area is 182 Å². The lowest BCUT2D eigenvalue weighted by Gasteiger charge is -2.14. The van der Waals surface area contributed by atoms with Crippen LogP contribution in [0.3, 0.4) is 0 Å². The standard InChI is InChI=1S/C22H21F3N2O5/c1-3-4-10-32-22(29)15(12-26-11-14-8-6-5-7-9-14)21(28)16-17(23)13(2)18(24)19(25)20(16)27(30)31/h5-9,12,15H,3-4,10-11H2,1-2H3. The number of nitro groups is 1. The minimum absolute atomic E-state index is 0.0486. The van der Waals surface area contributed by atoms with Crippen molar-refractivity contribution in [3.63, 3.8) is 0 Å². The van der Waals surface area contributed by atoms with Gasteiger partial charge in [0.05, 0.1) is 18.1 Å². The van der Waals surface area contributed by atoms with Gasteiger partial charge in [0, 0.05) is 11.8 Å². The lowest BCUT2D eigenvalue weighted by Crippen LogP contribution is -2.30. The third-order valence-corrected chi connectivity index (χ3v) is 4.59. The van der Waals surface area contributed by atoms with Crippen molar-refractivity contribution >= 4 is 23.7 Å². The Morgan fingerprint density at radius 2 is 1.81 bits per heavy atom. The number of Topliss-reactive ketones (excluding diaryl/α,β-unsaturated/α-hetero) is 1. The highest BCUT2D eigenvalue weighted by Crippen LogP contribution is 2.32. The first kappa shape index (κ1) is 24.7. The van der Waals surface area contributed by atoms with Gasteiger partial charge in [-0.05, 0) is 18.9 Å². The number of rotatable bonds is 10. The van der Waals surface area contributed by atoms with Gasteiger partial charge in [0.1, 0.15) is 11.4 Å². The summed E-state index contributed by atoms with van der Waals surface area (Å²) < 4.78 is 47.8. The molecule has 0 fully saturated rings. The van der Waals surface area contributed by atoms with Gasteiger partial charge in [-0.25, -0.2) is 8.78 Å². The van der Waals surface area contributed by atoms with Crippen molar-refractivity contribution in [1.82, 2.24) is 0 Å². The molecule has 0 heterocycles. The smallest absolute Gasteiger partial charge is 0.322 e. The molecule has 0 aromatic heterocycles. The fraction of sp³-hybridized carbons (Fsp3) is 0.318. The average Bonchev–Trinajstić information content (AvgIpc) is 2.77. The van der Waals surface area contributed by atoms with Gasteiger partial charge < -0.3 is 4.74 Å². The molecule has 0 bridgehead atoms. The number of hydrogen-bond acceptors (Lipinski definition) is 6. The molecule has 0 radical (unpaired) electrons. The molecule has 1 unspecified atom stereocenters. The largest absolute Gasteiger partial charge is 0.465 e. The van der Waals surface area contributed by atoms with Crippen LogP contribution in [0.5, 0.6) is 0 Å². The van der Waals surface area contributed by atoms with Gasteiger partial charge in [0.2, 0.25) is 5.82 Å². The summed E-state index contributed by atoms with van der Waals surface area (Å²) in [6.45, 7) is 2.66. The van der Waals surface area contributed by atoms with Gasteiger partial charge in [-0.3, -0.25) is 24.7 Å². The molecular weight excluding hydrogens is 429 g/mol. The van der Waals surface area contributed by atoms with E-state index in [2.05, 4.69) is 4.99 Å². The third kappa shape index (κ3) is 5.57. The molecule has 2 aromatic carbocycles. The van der Waals surface area contributed by atoms with Gasteiger partial charge >= 0.3 is 11.7 Å². The van der Waals surface area contributed by atoms with E-state index in [0.717, 1.165) is 18.7 Å². The highest BCUT2D eigenvalue weighted by molar-refractivity contribution is 6.20. The van der Waals surface area contributed by atoms with E-state index in [1.54, 1.807) is 30.3 Å². The first-order valence-corrected chi connectivity index (χ1v) is 9.76. The Kier molecular flexibility index (Phi) is 8.62. The summed E-state index contributed by atoms with van der Waals surface area (Å²) in [5.41, 5.74) is -3.21. The molecule has 0 saturated heterocycles. The molecule has 1 atom stereocenters. The monoisotopic (exact) mass is 450 g/mol.